The second-order valence-corrected chi connectivity index (χ2v) is 9.59. The van der Waals surface area contributed by atoms with E-state index < -0.39 is 0 Å². The van der Waals surface area contributed by atoms with Gasteiger partial charge in [0.1, 0.15) is 6.17 Å². The summed E-state index contributed by atoms with van der Waals surface area (Å²) in [6.07, 6.45) is 4.16. The van der Waals surface area contributed by atoms with Crippen LogP contribution >= 0.6 is 0 Å². The molecule has 0 unspecified atom stereocenters. The minimum absolute atomic E-state index is 0.0923. The Morgan fingerprint density at radius 2 is 1.85 bits per heavy atom. The van der Waals surface area contributed by atoms with Crippen molar-refractivity contribution in [2.75, 3.05) is 7.11 Å². The summed E-state index contributed by atoms with van der Waals surface area (Å²) < 4.78 is 5.05. The van der Waals surface area contributed by atoms with E-state index in [-0.39, 0.29) is 36.5 Å². The third-order valence-corrected chi connectivity index (χ3v) is 7.79. The minimum atomic E-state index is -0.272. The van der Waals surface area contributed by atoms with Crippen molar-refractivity contribution in [1.82, 2.24) is 10.2 Å². The minimum Gasteiger partial charge on any atom is -0.469 e. The van der Waals surface area contributed by atoms with Crippen molar-refractivity contribution < 1.29 is 14.3 Å². The molecule has 1 N–H and O–H groups in total. The molecule has 0 spiro atoms. The Morgan fingerprint density at radius 1 is 1.12 bits per heavy atom. The number of hydrogen-bond donors (Lipinski definition) is 1. The molecule has 2 aromatic carbocycles. The van der Waals surface area contributed by atoms with Crippen LogP contribution in [0.3, 0.4) is 0 Å². The molecular formula is C28H36N2O3. The number of esters is 1. The van der Waals surface area contributed by atoms with E-state index >= 15 is 0 Å². The molecule has 5 heteroatoms. The Balaban J connectivity index is 1.74. The maximum absolute atomic E-state index is 13.7. The lowest BCUT2D eigenvalue weighted by molar-refractivity contribution is -0.141. The average Bonchev–Trinajstić information content (AvgIpc) is 3.11. The SMILES string of the molecule is CCc1ccccc1[C@H](CC(=O)OC)N[C@@H]1c2ccccc2C(=O)N1[C@@H]1CCC[C@@H](C)[C@H]1C. The third kappa shape index (κ3) is 4.56. The summed E-state index contributed by atoms with van der Waals surface area (Å²) in [5.41, 5.74) is 4.05. The number of carbonyl (C=O) groups is 2. The van der Waals surface area contributed by atoms with Gasteiger partial charge in [-0.3, -0.25) is 14.9 Å². The summed E-state index contributed by atoms with van der Waals surface area (Å²) in [5.74, 6) is 0.827. The zero-order chi connectivity index (χ0) is 23.5. The molecule has 2 aromatic rings. The summed E-state index contributed by atoms with van der Waals surface area (Å²) in [5, 5.41) is 3.75. The van der Waals surface area contributed by atoms with Gasteiger partial charge in [-0.1, -0.05) is 76.1 Å². The Bertz CT molecular complexity index is 1000. The Hall–Kier alpha value is -2.66. The smallest absolute Gasteiger partial charge is 0.307 e. The van der Waals surface area contributed by atoms with Crippen LogP contribution in [0.2, 0.25) is 0 Å². The van der Waals surface area contributed by atoms with Crippen LogP contribution in [0, 0.1) is 11.8 Å². The second kappa shape index (κ2) is 10.1. The van der Waals surface area contributed by atoms with Crippen LogP contribution in [0.25, 0.3) is 0 Å². The predicted octanol–water partition coefficient (Wildman–Crippen LogP) is 5.42. The van der Waals surface area contributed by atoms with Gasteiger partial charge >= 0.3 is 5.97 Å². The van der Waals surface area contributed by atoms with Gasteiger partial charge < -0.3 is 9.64 Å². The van der Waals surface area contributed by atoms with Crippen LogP contribution in [-0.4, -0.2) is 29.9 Å². The van der Waals surface area contributed by atoms with Crippen molar-refractivity contribution in [3.8, 4) is 0 Å². The van der Waals surface area contributed by atoms with Crippen LogP contribution in [0.5, 0.6) is 0 Å². The highest BCUT2D eigenvalue weighted by atomic mass is 16.5. The number of aryl methyl sites for hydroxylation is 1. The number of fused-ring (bicyclic) bond motifs is 1. The molecule has 0 aromatic heterocycles. The molecule has 0 bridgehead atoms. The molecule has 1 amide bonds. The summed E-state index contributed by atoms with van der Waals surface area (Å²) in [4.78, 5) is 28.2. The highest BCUT2D eigenvalue weighted by Crippen LogP contribution is 2.42. The van der Waals surface area contributed by atoms with Gasteiger partial charge in [0.2, 0.25) is 0 Å². The number of methoxy groups -OCH3 is 1. The first-order valence-corrected chi connectivity index (χ1v) is 12.3. The lowest BCUT2D eigenvalue weighted by Gasteiger charge is -2.43. The fraction of sp³-hybridized carbons (Fsp3) is 0.500. The molecule has 33 heavy (non-hydrogen) atoms. The number of carbonyl (C=O) groups excluding carboxylic acids is 2. The Kier molecular flexibility index (Phi) is 7.18. The number of rotatable bonds is 7. The van der Waals surface area contributed by atoms with E-state index in [1.54, 1.807) is 0 Å². The standard InChI is InChI=1S/C28H36N2O3/c1-5-20-12-6-7-13-21(20)24(17-26(31)33-4)29-27-22-14-8-9-15-23(22)28(32)30(27)25-16-10-11-18(2)19(25)3/h6-9,12-15,18-19,24-25,27,29H,5,10-11,16-17H2,1-4H3/t18-,19-,24+,25-,27+/m1/s1. The second-order valence-electron chi connectivity index (χ2n) is 9.59. The lowest BCUT2D eigenvalue weighted by Crippen LogP contribution is -2.50. The van der Waals surface area contributed by atoms with Gasteiger partial charge in [0.25, 0.3) is 5.91 Å². The van der Waals surface area contributed by atoms with Crippen LogP contribution < -0.4 is 5.32 Å². The maximum Gasteiger partial charge on any atom is 0.307 e. The summed E-state index contributed by atoms with van der Waals surface area (Å²) in [6.45, 7) is 6.70. The van der Waals surface area contributed by atoms with E-state index in [0.29, 0.717) is 11.8 Å². The fourth-order valence-electron chi connectivity index (χ4n) is 5.69. The normalized spacial score (nSPS) is 25.6. The first-order valence-electron chi connectivity index (χ1n) is 12.3. The van der Waals surface area contributed by atoms with Crippen LogP contribution in [0.4, 0.5) is 0 Å². The van der Waals surface area contributed by atoms with E-state index in [0.717, 1.165) is 36.0 Å². The molecule has 5 atom stereocenters. The molecule has 1 aliphatic heterocycles. The van der Waals surface area contributed by atoms with Crippen molar-refractivity contribution in [2.45, 2.75) is 71.1 Å². The Labute approximate surface area is 197 Å². The highest BCUT2D eigenvalue weighted by Gasteiger charge is 2.45. The number of nitrogens with one attached hydrogen (secondary N) is 1. The molecule has 1 heterocycles. The molecule has 0 radical (unpaired) electrons. The zero-order valence-electron chi connectivity index (χ0n) is 20.2. The van der Waals surface area contributed by atoms with Gasteiger partial charge in [0.15, 0.2) is 0 Å². The van der Waals surface area contributed by atoms with E-state index in [1.807, 2.05) is 36.4 Å². The molecular weight excluding hydrogens is 412 g/mol. The van der Waals surface area contributed by atoms with Gasteiger partial charge in [-0.05, 0) is 41.9 Å². The fourth-order valence-corrected chi connectivity index (χ4v) is 5.69. The number of amides is 1. The summed E-state index contributed by atoms with van der Waals surface area (Å²) in [6, 6.07) is 16.1. The number of benzene rings is 2. The molecule has 176 valence electrons. The Morgan fingerprint density at radius 3 is 2.61 bits per heavy atom. The lowest BCUT2D eigenvalue weighted by atomic mass is 9.77. The predicted molar refractivity (Wildman–Crippen MR) is 130 cm³/mol. The van der Waals surface area contributed by atoms with Gasteiger partial charge in [0.05, 0.1) is 13.5 Å². The maximum atomic E-state index is 13.7. The zero-order valence-corrected chi connectivity index (χ0v) is 20.2. The average molecular weight is 449 g/mol. The van der Waals surface area contributed by atoms with Crippen molar-refractivity contribution in [2.24, 2.45) is 11.8 Å². The van der Waals surface area contributed by atoms with E-state index in [4.69, 9.17) is 4.74 Å². The van der Waals surface area contributed by atoms with Gasteiger partial charge in [-0.2, -0.15) is 0 Å². The summed E-state index contributed by atoms with van der Waals surface area (Å²) in [7, 11) is 1.43. The van der Waals surface area contributed by atoms with E-state index in [9.17, 15) is 9.59 Å². The highest BCUT2D eigenvalue weighted by molar-refractivity contribution is 5.99. The monoisotopic (exact) mass is 448 g/mol. The van der Waals surface area contributed by atoms with Gasteiger partial charge in [-0.15, -0.1) is 0 Å². The van der Waals surface area contributed by atoms with Crippen molar-refractivity contribution in [1.29, 1.82) is 0 Å². The number of hydrogen-bond acceptors (Lipinski definition) is 4. The van der Waals surface area contributed by atoms with Crippen molar-refractivity contribution in [3.63, 3.8) is 0 Å². The number of ether oxygens (including phenoxy) is 1. The first-order chi connectivity index (χ1) is 16.0. The topological polar surface area (TPSA) is 58.6 Å². The number of nitrogens with zero attached hydrogens (tertiary/aromatic N) is 1. The molecule has 5 nitrogen and oxygen atoms in total. The van der Waals surface area contributed by atoms with E-state index in [1.165, 1.54) is 19.1 Å². The molecule has 0 saturated heterocycles. The third-order valence-electron chi connectivity index (χ3n) is 7.79. The van der Waals surface area contributed by atoms with Gasteiger partial charge in [-0.25, -0.2) is 0 Å². The first kappa shape index (κ1) is 23.5. The van der Waals surface area contributed by atoms with Gasteiger partial charge in [0, 0.05) is 23.2 Å². The molecule has 1 fully saturated rings. The molecule has 1 aliphatic carbocycles. The van der Waals surface area contributed by atoms with Crippen LogP contribution in [0.1, 0.15) is 85.7 Å². The van der Waals surface area contributed by atoms with Crippen LogP contribution in [-0.2, 0) is 16.0 Å². The van der Waals surface area contributed by atoms with Crippen molar-refractivity contribution >= 4 is 11.9 Å². The molecule has 4 rings (SSSR count). The summed E-state index contributed by atoms with van der Waals surface area (Å²) >= 11 is 0. The quantitative estimate of drug-likeness (QED) is 0.575. The largest absolute Gasteiger partial charge is 0.469 e. The van der Waals surface area contributed by atoms with Crippen LogP contribution in [0.15, 0.2) is 48.5 Å². The molecule has 1 saturated carbocycles. The molecule has 2 aliphatic rings. The van der Waals surface area contributed by atoms with E-state index in [2.05, 4.69) is 43.1 Å². The van der Waals surface area contributed by atoms with Crippen molar-refractivity contribution in [3.05, 3.63) is 70.8 Å².